The van der Waals surface area contributed by atoms with Crippen molar-refractivity contribution in [1.82, 2.24) is 0 Å². The van der Waals surface area contributed by atoms with Gasteiger partial charge in [0.25, 0.3) is 0 Å². The Morgan fingerprint density at radius 1 is 1.40 bits per heavy atom. The lowest BCUT2D eigenvalue weighted by Crippen LogP contribution is -2.39. The predicted molar refractivity (Wildman–Crippen MR) is 67.6 cm³/mol. The molecule has 84 valence electrons. The Balaban J connectivity index is 2.06. The van der Waals surface area contributed by atoms with Gasteiger partial charge in [0.1, 0.15) is 0 Å². The first-order valence-corrected chi connectivity index (χ1v) is 6.61. The Morgan fingerprint density at radius 2 is 2.13 bits per heavy atom. The molecular weight excluding hydrogens is 226 g/mol. The largest absolute Gasteiger partial charge is 0.325 e. The summed E-state index contributed by atoms with van der Waals surface area (Å²) in [7, 11) is 0. The van der Waals surface area contributed by atoms with Gasteiger partial charge >= 0.3 is 0 Å². The van der Waals surface area contributed by atoms with Gasteiger partial charge in [-0.3, -0.25) is 0 Å². The van der Waals surface area contributed by atoms with E-state index in [9.17, 15) is 0 Å². The average molecular weight is 244 g/mol. The lowest BCUT2D eigenvalue weighted by atomic mass is 9.86. The maximum absolute atomic E-state index is 6.44. The molecular formula is C12H18ClNS. The van der Waals surface area contributed by atoms with E-state index < -0.39 is 0 Å². The smallest absolute Gasteiger partial charge is 0.0931 e. The Hall–Kier alpha value is -0.0500. The number of nitrogens with two attached hydrogens (primary N) is 1. The minimum Gasteiger partial charge on any atom is -0.325 e. The summed E-state index contributed by atoms with van der Waals surface area (Å²) in [6.07, 6.45) is 4.47. The molecule has 1 heterocycles. The van der Waals surface area contributed by atoms with E-state index in [0.29, 0.717) is 5.41 Å². The van der Waals surface area contributed by atoms with Gasteiger partial charge in [0.15, 0.2) is 0 Å². The van der Waals surface area contributed by atoms with Crippen molar-refractivity contribution in [1.29, 1.82) is 0 Å². The molecule has 1 saturated carbocycles. The molecule has 1 atom stereocenters. The molecule has 2 N–H and O–H groups in total. The summed E-state index contributed by atoms with van der Waals surface area (Å²) in [4.78, 5) is 1.32. The summed E-state index contributed by atoms with van der Waals surface area (Å²) < 4.78 is 0.867. The van der Waals surface area contributed by atoms with Crippen LogP contribution in [0.5, 0.6) is 0 Å². The van der Waals surface area contributed by atoms with Gasteiger partial charge in [0.05, 0.1) is 4.34 Å². The summed E-state index contributed by atoms with van der Waals surface area (Å²) >= 11 is 7.58. The van der Waals surface area contributed by atoms with E-state index >= 15 is 0 Å². The van der Waals surface area contributed by atoms with Gasteiger partial charge in [-0.25, -0.2) is 0 Å². The van der Waals surface area contributed by atoms with E-state index in [4.69, 9.17) is 17.3 Å². The summed E-state index contributed by atoms with van der Waals surface area (Å²) in [6.45, 7) is 4.62. The molecule has 2 rings (SSSR count). The van der Waals surface area contributed by atoms with Crippen LogP contribution < -0.4 is 5.73 Å². The van der Waals surface area contributed by atoms with Crippen molar-refractivity contribution in [2.75, 3.05) is 0 Å². The molecule has 1 fully saturated rings. The van der Waals surface area contributed by atoms with Crippen LogP contribution in [0.15, 0.2) is 12.1 Å². The SMILES string of the molecule is CC1(C)CCC(N)(Cc2ccc(Cl)s2)C1. The third-order valence-electron chi connectivity index (χ3n) is 3.29. The highest BCUT2D eigenvalue weighted by molar-refractivity contribution is 7.16. The van der Waals surface area contributed by atoms with Gasteiger partial charge in [-0.2, -0.15) is 0 Å². The summed E-state index contributed by atoms with van der Waals surface area (Å²) in [5.41, 5.74) is 6.85. The van der Waals surface area contributed by atoms with E-state index in [1.807, 2.05) is 6.07 Å². The van der Waals surface area contributed by atoms with Gasteiger partial charge in [0, 0.05) is 10.4 Å². The molecule has 1 aliphatic rings. The van der Waals surface area contributed by atoms with Crippen LogP contribution in [-0.2, 0) is 6.42 Å². The molecule has 15 heavy (non-hydrogen) atoms. The molecule has 1 aromatic heterocycles. The molecule has 0 amide bonds. The first-order valence-electron chi connectivity index (χ1n) is 5.42. The summed E-state index contributed by atoms with van der Waals surface area (Å²) in [5.74, 6) is 0. The van der Waals surface area contributed by atoms with E-state index in [1.165, 1.54) is 11.3 Å². The van der Waals surface area contributed by atoms with Crippen molar-refractivity contribution < 1.29 is 0 Å². The Kier molecular flexibility index (Phi) is 2.87. The topological polar surface area (TPSA) is 26.0 Å². The molecule has 0 radical (unpaired) electrons. The quantitative estimate of drug-likeness (QED) is 0.839. The maximum atomic E-state index is 6.44. The van der Waals surface area contributed by atoms with Gasteiger partial charge < -0.3 is 5.73 Å². The molecule has 0 aromatic carbocycles. The van der Waals surface area contributed by atoms with Crippen LogP contribution in [0.2, 0.25) is 4.34 Å². The van der Waals surface area contributed by atoms with Crippen LogP contribution in [0.25, 0.3) is 0 Å². The van der Waals surface area contributed by atoms with Crippen LogP contribution >= 0.6 is 22.9 Å². The number of hydrogen-bond donors (Lipinski definition) is 1. The van der Waals surface area contributed by atoms with Gasteiger partial charge in [-0.1, -0.05) is 25.4 Å². The Morgan fingerprint density at radius 3 is 2.60 bits per heavy atom. The van der Waals surface area contributed by atoms with Crippen LogP contribution in [0.1, 0.15) is 38.0 Å². The second-order valence-corrected chi connectivity index (χ2v) is 7.39. The second-order valence-electron chi connectivity index (χ2n) is 5.59. The highest BCUT2D eigenvalue weighted by Crippen LogP contribution is 2.44. The fourth-order valence-electron chi connectivity index (χ4n) is 2.66. The second kappa shape index (κ2) is 3.76. The fraction of sp³-hybridized carbons (Fsp3) is 0.667. The van der Waals surface area contributed by atoms with Crippen molar-refractivity contribution in [3.8, 4) is 0 Å². The van der Waals surface area contributed by atoms with Crippen molar-refractivity contribution in [3.05, 3.63) is 21.3 Å². The molecule has 1 unspecified atom stereocenters. The molecule has 0 aliphatic heterocycles. The zero-order valence-corrected chi connectivity index (χ0v) is 10.9. The fourth-order valence-corrected chi connectivity index (χ4v) is 3.90. The lowest BCUT2D eigenvalue weighted by molar-refractivity contribution is 0.335. The molecule has 1 aliphatic carbocycles. The minimum atomic E-state index is -0.00230. The van der Waals surface area contributed by atoms with Crippen molar-refractivity contribution in [2.45, 2.75) is 45.1 Å². The van der Waals surface area contributed by atoms with E-state index in [0.717, 1.165) is 23.6 Å². The first-order chi connectivity index (χ1) is 6.89. The molecule has 1 aromatic rings. The van der Waals surface area contributed by atoms with Gasteiger partial charge in [-0.05, 0) is 43.2 Å². The van der Waals surface area contributed by atoms with Crippen LogP contribution in [0.3, 0.4) is 0 Å². The molecule has 0 bridgehead atoms. The highest BCUT2D eigenvalue weighted by atomic mass is 35.5. The number of thiophene rings is 1. The van der Waals surface area contributed by atoms with Crippen LogP contribution in [0, 0.1) is 5.41 Å². The maximum Gasteiger partial charge on any atom is 0.0931 e. The highest BCUT2D eigenvalue weighted by Gasteiger charge is 2.40. The van der Waals surface area contributed by atoms with E-state index in [2.05, 4.69) is 19.9 Å². The Labute approximate surface area is 101 Å². The standard InChI is InChI=1S/C12H18ClNS/c1-11(2)5-6-12(14,8-11)7-9-3-4-10(13)15-9/h3-4H,5-8,14H2,1-2H3. The third kappa shape index (κ3) is 2.74. The van der Waals surface area contributed by atoms with E-state index in [1.54, 1.807) is 11.3 Å². The number of rotatable bonds is 2. The first kappa shape index (κ1) is 11.4. The van der Waals surface area contributed by atoms with Crippen LogP contribution in [-0.4, -0.2) is 5.54 Å². The number of halogens is 1. The molecule has 0 saturated heterocycles. The Bertz CT molecular complexity index is 358. The average Bonchev–Trinajstić information content (AvgIpc) is 2.57. The van der Waals surface area contributed by atoms with Crippen molar-refractivity contribution in [3.63, 3.8) is 0 Å². The zero-order valence-electron chi connectivity index (χ0n) is 9.35. The van der Waals surface area contributed by atoms with Crippen LogP contribution in [0.4, 0.5) is 0 Å². The number of hydrogen-bond acceptors (Lipinski definition) is 2. The normalized spacial score (nSPS) is 29.6. The predicted octanol–water partition coefficient (Wildman–Crippen LogP) is 3.85. The molecule has 0 spiro atoms. The monoisotopic (exact) mass is 243 g/mol. The summed E-state index contributed by atoms with van der Waals surface area (Å²) in [5, 5.41) is 0. The van der Waals surface area contributed by atoms with Crippen molar-refractivity contribution in [2.24, 2.45) is 11.1 Å². The third-order valence-corrected chi connectivity index (χ3v) is 4.52. The zero-order chi connectivity index (χ0) is 11.1. The molecule has 3 heteroatoms. The van der Waals surface area contributed by atoms with Gasteiger partial charge in [0.2, 0.25) is 0 Å². The summed E-state index contributed by atoms with van der Waals surface area (Å²) in [6, 6.07) is 4.07. The molecule has 1 nitrogen and oxygen atoms in total. The van der Waals surface area contributed by atoms with Gasteiger partial charge in [-0.15, -0.1) is 11.3 Å². The van der Waals surface area contributed by atoms with E-state index in [-0.39, 0.29) is 5.54 Å². The van der Waals surface area contributed by atoms with Crippen molar-refractivity contribution >= 4 is 22.9 Å². The lowest BCUT2D eigenvalue weighted by Gasteiger charge is -2.25. The minimum absolute atomic E-state index is 0.00230.